The molecule has 1 aliphatic rings. The lowest BCUT2D eigenvalue weighted by Gasteiger charge is -2.32. The molecule has 1 saturated heterocycles. The van der Waals surface area contributed by atoms with E-state index in [4.69, 9.17) is 0 Å². The highest BCUT2D eigenvalue weighted by Gasteiger charge is 2.27. The van der Waals surface area contributed by atoms with Crippen LogP contribution in [-0.4, -0.2) is 38.6 Å². The first-order chi connectivity index (χ1) is 12.9. The van der Waals surface area contributed by atoms with Crippen molar-refractivity contribution in [2.75, 3.05) is 13.1 Å². The van der Waals surface area contributed by atoms with Gasteiger partial charge in [0.05, 0.1) is 4.92 Å². The molecule has 1 amide bonds. The summed E-state index contributed by atoms with van der Waals surface area (Å²) in [6.07, 6.45) is 2.95. The van der Waals surface area contributed by atoms with E-state index in [1.165, 1.54) is 16.8 Å². The van der Waals surface area contributed by atoms with Gasteiger partial charge in [-0.05, 0) is 31.7 Å². The second kappa shape index (κ2) is 7.69. The molecule has 1 aromatic carbocycles. The Morgan fingerprint density at radius 1 is 1.37 bits per heavy atom. The van der Waals surface area contributed by atoms with Crippen LogP contribution in [0.4, 0.5) is 5.69 Å². The highest BCUT2D eigenvalue weighted by Crippen LogP contribution is 2.23. The second-order valence-electron chi connectivity index (χ2n) is 6.82. The van der Waals surface area contributed by atoms with Gasteiger partial charge >= 0.3 is 0 Å². The zero-order chi connectivity index (χ0) is 19.6. The Kier molecular flexibility index (Phi) is 5.34. The summed E-state index contributed by atoms with van der Waals surface area (Å²) in [7, 11) is 0. The maximum Gasteiger partial charge on any atom is 0.294 e. The van der Waals surface area contributed by atoms with Crippen molar-refractivity contribution >= 4 is 11.6 Å². The van der Waals surface area contributed by atoms with Crippen molar-refractivity contribution in [3.63, 3.8) is 0 Å². The molecule has 0 saturated carbocycles. The third-order valence-corrected chi connectivity index (χ3v) is 5.00. The maximum absolute atomic E-state index is 12.9. The van der Waals surface area contributed by atoms with Crippen LogP contribution in [0, 0.1) is 23.0 Å². The van der Waals surface area contributed by atoms with E-state index in [9.17, 15) is 19.7 Å². The number of carbonyl (C=O) groups excluding carboxylic acids is 1. The van der Waals surface area contributed by atoms with E-state index in [0.29, 0.717) is 24.7 Å². The Hall–Kier alpha value is -3.03. The van der Waals surface area contributed by atoms with Crippen LogP contribution in [0.1, 0.15) is 42.4 Å². The van der Waals surface area contributed by atoms with Gasteiger partial charge in [0.1, 0.15) is 5.69 Å². The van der Waals surface area contributed by atoms with Crippen molar-refractivity contribution < 1.29 is 9.72 Å². The number of hydrogen-bond donors (Lipinski definition) is 0. The number of hydrogen-bond acceptors (Lipinski definition) is 5. The number of nitro benzene ring substituents is 1. The number of rotatable bonds is 4. The Balaban J connectivity index is 2.04. The smallest absolute Gasteiger partial charge is 0.294 e. The number of para-hydroxylation sites is 2. The average molecular weight is 370 g/mol. The van der Waals surface area contributed by atoms with Crippen LogP contribution in [0.25, 0.3) is 5.69 Å². The summed E-state index contributed by atoms with van der Waals surface area (Å²) in [4.78, 5) is 37.8. The minimum Gasteiger partial charge on any atom is -0.337 e. The monoisotopic (exact) mass is 370 g/mol. The van der Waals surface area contributed by atoms with Crippen LogP contribution in [0.3, 0.4) is 0 Å². The molecule has 1 aliphatic heterocycles. The molecular weight excluding hydrogens is 348 g/mol. The Labute approximate surface area is 156 Å². The molecule has 1 atom stereocenters. The summed E-state index contributed by atoms with van der Waals surface area (Å²) in [6, 6.07) is 7.43. The molecule has 0 bridgehead atoms. The van der Waals surface area contributed by atoms with Crippen molar-refractivity contribution in [3.8, 4) is 5.69 Å². The SMILES string of the molecule is CCC1CCCN(C(=O)c2nn(-c3ccccc3[N+](=O)[O-])c(C)cc2=O)C1. The van der Waals surface area contributed by atoms with Crippen LogP contribution in [-0.2, 0) is 0 Å². The fourth-order valence-corrected chi connectivity index (χ4v) is 3.47. The van der Waals surface area contributed by atoms with Gasteiger partial charge in [-0.3, -0.25) is 19.7 Å². The van der Waals surface area contributed by atoms with Crippen LogP contribution in [0.5, 0.6) is 0 Å². The molecule has 142 valence electrons. The Bertz CT molecular complexity index is 938. The maximum atomic E-state index is 12.9. The van der Waals surface area contributed by atoms with Crippen LogP contribution in [0.15, 0.2) is 35.1 Å². The number of nitrogens with zero attached hydrogens (tertiary/aromatic N) is 4. The summed E-state index contributed by atoms with van der Waals surface area (Å²) < 4.78 is 1.30. The molecular formula is C19H22N4O4. The fraction of sp³-hybridized carbons (Fsp3) is 0.421. The number of carbonyl (C=O) groups is 1. The largest absolute Gasteiger partial charge is 0.337 e. The lowest BCUT2D eigenvalue weighted by Crippen LogP contribution is -2.42. The molecule has 8 heteroatoms. The standard InChI is InChI=1S/C19H22N4O4/c1-3-14-7-6-10-21(12-14)19(25)18-17(24)11-13(2)22(20-18)15-8-4-5-9-16(15)23(26)27/h4-5,8-9,11,14H,3,6-7,10,12H2,1-2H3. The number of piperidine rings is 1. The number of benzene rings is 1. The molecule has 3 rings (SSSR count). The van der Waals surface area contributed by atoms with Crippen molar-refractivity contribution in [2.24, 2.45) is 5.92 Å². The second-order valence-corrected chi connectivity index (χ2v) is 6.82. The molecule has 2 heterocycles. The van der Waals surface area contributed by atoms with Gasteiger partial charge in [-0.2, -0.15) is 5.10 Å². The van der Waals surface area contributed by atoms with Gasteiger partial charge in [0.15, 0.2) is 5.69 Å². The lowest BCUT2D eigenvalue weighted by atomic mass is 9.95. The molecule has 0 spiro atoms. The van der Waals surface area contributed by atoms with E-state index in [0.717, 1.165) is 19.3 Å². The van der Waals surface area contributed by atoms with Gasteiger partial charge in [0, 0.05) is 30.9 Å². The molecule has 1 aromatic heterocycles. The van der Waals surface area contributed by atoms with Gasteiger partial charge in [-0.1, -0.05) is 25.5 Å². The van der Waals surface area contributed by atoms with E-state index < -0.39 is 16.3 Å². The van der Waals surface area contributed by atoms with E-state index in [1.54, 1.807) is 30.0 Å². The summed E-state index contributed by atoms with van der Waals surface area (Å²) in [6.45, 7) is 4.92. The average Bonchev–Trinajstić information content (AvgIpc) is 2.67. The van der Waals surface area contributed by atoms with Gasteiger partial charge < -0.3 is 4.90 Å². The summed E-state index contributed by atoms with van der Waals surface area (Å²) in [5.41, 5.74) is -0.157. The molecule has 2 aromatic rings. The minimum absolute atomic E-state index is 0.140. The Morgan fingerprint density at radius 2 is 2.11 bits per heavy atom. The number of aromatic nitrogens is 2. The fourth-order valence-electron chi connectivity index (χ4n) is 3.47. The normalized spacial score (nSPS) is 17.0. The predicted octanol–water partition coefficient (Wildman–Crippen LogP) is 2.71. The first-order valence-corrected chi connectivity index (χ1v) is 9.06. The van der Waals surface area contributed by atoms with Crippen molar-refractivity contribution in [3.05, 3.63) is 62.1 Å². The van der Waals surface area contributed by atoms with Crippen LogP contribution in [0.2, 0.25) is 0 Å². The van der Waals surface area contributed by atoms with Crippen LogP contribution < -0.4 is 5.43 Å². The van der Waals surface area contributed by atoms with E-state index in [1.807, 2.05) is 0 Å². The molecule has 8 nitrogen and oxygen atoms in total. The minimum atomic E-state index is -0.507. The molecule has 0 N–H and O–H groups in total. The third-order valence-electron chi connectivity index (χ3n) is 5.00. The number of aryl methyl sites for hydroxylation is 1. The van der Waals surface area contributed by atoms with Gasteiger partial charge in [0.25, 0.3) is 11.6 Å². The summed E-state index contributed by atoms with van der Waals surface area (Å²) in [5.74, 6) is 0.0102. The van der Waals surface area contributed by atoms with E-state index in [-0.39, 0.29) is 17.1 Å². The molecule has 1 unspecified atom stereocenters. The number of amides is 1. The van der Waals surface area contributed by atoms with E-state index in [2.05, 4.69) is 12.0 Å². The molecule has 27 heavy (non-hydrogen) atoms. The first kappa shape index (κ1) is 18.8. The zero-order valence-corrected chi connectivity index (χ0v) is 15.4. The number of nitro groups is 1. The summed E-state index contributed by atoms with van der Waals surface area (Å²) in [5, 5.41) is 15.6. The van der Waals surface area contributed by atoms with Crippen LogP contribution >= 0.6 is 0 Å². The first-order valence-electron chi connectivity index (χ1n) is 9.06. The molecule has 1 fully saturated rings. The van der Waals surface area contributed by atoms with Gasteiger partial charge in [-0.15, -0.1) is 0 Å². The lowest BCUT2D eigenvalue weighted by molar-refractivity contribution is -0.384. The van der Waals surface area contributed by atoms with Crippen molar-refractivity contribution in [1.29, 1.82) is 0 Å². The highest BCUT2D eigenvalue weighted by molar-refractivity contribution is 5.92. The molecule has 0 aliphatic carbocycles. The predicted molar refractivity (Wildman–Crippen MR) is 100 cm³/mol. The van der Waals surface area contributed by atoms with Gasteiger partial charge in [0.2, 0.25) is 5.43 Å². The topological polar surface area (TPSA) is 98.3 Å². The third kappa shape index (κ3) is 3.74. The van der Waals surface area contributed by atoms with Crippen molar-refractivity contribution in [2.45, 2.75) is 33.1 Å². The van der Waals surface area contributed by atoms with E-state index >= 15 is 0 Å². The zero-order valence-electron chi connectivity index (χ0n) is 15.4. The van der Waals surface area contributed by atoms with Crippen molar-refractivity contribution in [1.82, 2.24) is 14.7 Å². The molecule has 0 radical (unpaired) electrons. The highest BCUT2D eigenvalue weighted by atomic mass is 16.6. The summed E-state index contributed by atoms with van der Waals surface area (Å²) >= 11 is 0. The number of likely N-dealkylation sites (tertiary alicyclic amines) is 1. The quantitative estimate of drug-likeness (QED) is 0.609. The van der Waals surface area contributed by atoms with Gasteiger partial charge in [-0.25, -0.2) is 4.68 Å². The Morgan fingerprint density at radius 3 is 2.81 bits per heavy atom.